The summed E-state index contributed by atoms with van der Waals surface area (Å²) in [6, 6.07) is 0. The van der Waals surface area contributed by atoms with Crippen molar-refractivity contribution in [3.63, 3.8) is 0 Å². The molecule has 0 spiro atoms. The van der Waals surface area contributed by atoms with Crippen molar-refractivity contribution in [1.29, 1.82) is 0 Å². The quantitative estimate of drug-likeness (QED) is 0.777. The average Bonchev–Trinajstić information content (AvgIpc) is 2.47. The fraction of sp³-hybridized carbons (Fsp3) is 0.833. The second-order valence-corrected chi connectivity index (χ2v) is 5.56. The van der Waals surface area contributed by atoms with Crippen molar-refractivity contribution in [2.75, 3.05) is 0 Å². The van der Waals surface area contributed by atoms with Crippen LogP contribution in [0.1, 0.15) is 46.0 Å². The van der Waals surface area contributed by atoms with E-state index < -0.39 is 5.97 Å². The number of ketones is 1. The Bertz CT molecular complexity index is 319. The molecule has 84 valence electrons. The molecule has 2 unspecified atom stereocenters. The highest BCUT2D eigenvalue weighted by atomic mass is 16.4. The van der Waals surface area contributed by atoms with Crippen LogP contribution in [0.3, 0.4) is 0 Å². The molecule has 2 bridgehead atoms. The number of carboxylic acids is 1. The first kappa shape index (κ1) is 10.7. The normalized spacial score (nSPS) is 37.2. The van der Waals surface area contributed by atoms with Crippen molar-refractivity contribution in [2.45, 2.75) is 46.0 Å². The zero-order chi connectivity index (χ0) is 11.3. The van der Waals surface area contributed by atoms with E-state index in [0.717, 1.165) is 12.8 Å². The van der Waals surface area contributed by atoms with Gasteiger partial charge < -0.3 is 5.11 Å². The van der Waals surface area contributed by atoms with Crippen molar-refractivity contribution in [1.82, 2.24) is 0 Å². The Kier molecular flexibility index (Phi) is 2.18. The molecular weight excluding hydrogens is 192 g/mol. The van der Waals surface area contributed by atoms with Crippen molar-refractivity contribution < 1.29 is 14.7 Å². The monoisotopic (exact) mass is 210 g/mol. The predicted octanol–water partition coefficient (Wildman–Crippen LogP) is 2.25. The molecule has 2 aliphatic carbocycles. The van der Waals surface area contributed by atoms with Gasteiger partial charge in [-0.2, -0.15) is 0 Å². The molecule has 0 aromatic carbocycles. The maximum atomic E-state index is 12.0. The Balaban J connectivity index is 2.24. The van der Waals surface area contributed by atoms with Gasteiger partial charge in [0.2, 0.25) is 0 Å². The Labute approximate surface area is 89.9 Å². The molecule has 0 aromatic heterocycles. The van der Waals surface area contributed by atoms with Crippen LogP contribution in [-0.4, -0.2) is 16.9 Å². The zero-order valence-corrected chi connectivity index (χ0v) is 9.38. The van der Waals surface area contributed by atoms with Gasteiger partial charge in [-0.1, -0.05) is 13.8 Å². The summed E-state index contributed by atoms with van der Waals surface area (Å²) in [5.74, 6) is 0.00659. The molecule has 0 aliphatic heterocycles. The number of Topliss-reactive ketones (excluding diaryl/α,β-unsaturated/α-hetero) is 1. The lowest BCUT2D eigenvalue weighted by atomic mass is 9.66. The molecule has 0 saturated heterocycles. The van der Waals surface area contributed by atoms with E-state index in [1.165, 1.54) is 0 Å². The molecule has 3 nitrogen and oxygen atoms in total. The van der Waals surface area contributed by atoms with Gasteiger partial charge in [-0.15, -0.1) is 0 Å². The van der Waals surface area contributed by atoms with Crippen LogP contribution in [0.5, 0.6) is 0 Å². The van der Waals surface area contributed by atoms with E-state index in [4.69, 9.17) is 5.11 Å². The van der Waals surface area contributed by atoms with Gasteiger partial charge in [0.05, 0.1) is 0 Å². The molecule has 0 heterocycles. The molecule has 0 radical (unpaired) electrons. The highest BCUT2D eigenvalue weighted by molar-refractivity contribution is 5.90. The van der Waals surface area contributed by atoms with Gasteiger partial charge in [0, 0.05) is 18.3 Å². The van der Waals surface area contributed by atoms with E-state index in [1.54, 1.807) is 0 Å². The smallest absolute Gasteiger partial charge is 0.303 e. The van der Waals surface area contributed by atoms with Crippen LogP contribution in [0.4, 0.5) is 0 Å². The van der Waals surface area contributed by atoms with Crippen LogP contribution in [0.2, 0.25) is 0 Å². The molecule has 1 N–H and O–H groups in total. The molecular formula is C12H18O3. The van der Waals surface area contributed by atoms with Crippen molar-refractivity contribution >= 4 is 11.8 Å². The predicted molar refractivity (Wildman–Crippen MR) is 55.4 cm³/mol. The molecule has 2 aliphatic rings. The number of aliphatic carboxylic acids is 1. The van der Waals surface area contributed by atoms with Crippen molar-refractivity contribution in [2.24, 2.45) is 16.7 Å². The minimum absolute atomic E-state index is 0.0134. The fourth-order valence-electron chi connectivity index (χ4n) is 3.68. The number of fused-ring (bicyclic) bond motifs is 2. The van der Waals surface area contributed by atoms with E-state index in [1.807, 2.05) is 0 Å². The van der Waals surface area contributed by atoms with Gasteiger partial charge >= 0.3 is 5.97 Å². The van der Waals surface area contributed by atoms with Gasteiger partial charge in [-0.25, -0.2) is 0 Å². The fourth-order valence-corrected chi connectivity index (χ4v) is 3.68. The van der Waals surface area contributed by atoms with Crippen LogP contribution in [0.15, 0.2) is 0 Å². The minimum atomic E-state index is -0.789. The molecule has 2 rings (SSSR count). The summed E-state index contributed by atoms with van der Waals surface area (Å²) in [6.45, 7) is 4.27. The minimum Gasteiger partial charge on any atom is -0.481 e. The summed E-state index contributed by atoms with van der Waals surface area (Å²) in [7, 11) is 0. The third-order valence-electron chi connectivity index (χ3n) is 4.90. The lowest BCUT2D eigenvalue weighted by molar-refractivity contribution is -0.139. The molecule has 0 aromatic rings. The lowest BCUT2D eigenvalue weighted by Crippen LogP contribution is -2.36. The number of carbonyl (C=O) groups is 2. The first-order chi connectivity index (χ1) is 6.90. The van der Waals surface area contributed by atoms with Crippen LogP contribution >= 0.6 is 0 Å². The topological polar surface area (TPSA) is 54.4 Å². The Morgan fingerprint density at radius 2 is 2.20 bits per heavy atom. The maximum Gasteiger partial charge on any atom is 0.303 e. The molecule has 15 heavy (non-hydrogen) atoms. The van der Waals surface area contributed by atoms with E-state index in [9.17, 15) is 9.59 Å². The van der Waals surface area contributed by atoms with Gasteiger partial charge in [0.1, 0.15) is 5.78 Å². The number of hydrogen-bond donors (Lipinski definition) is 1. The average molecular weight is 210 g/mol. The second kappa shape index (κ2) is 3.06. The highest BCUT2D eigenvalue weighted by Gasteiger charge is 2.63. The van der Waals surface area contributed by atoms with E-state index in [2.05, 4.69) is 13.8 Å². The van der Waals surface area contributed by atoms with Crippen LogP contribution in [0, 0.1) is 16.7 Å². The summed E-state index contributed by atoms with van der Waals surface area (Å²) >= 11 is 0. The third kappa shape index (κ3) is 1.25. The number of carbonyl (C=O) groups excluding carboxylic acids is 1. The highest BCUT2D eigenvalue weighted by Crippen LogP contribution is 2.65. The summed E-state index contributed by atoms with van der Waals surface area (Å²) in [5, 5.41) is 8.74. The standard InChI is InChI=1S/C12H18O3/c1-11(2)8-3-5-12(11,9(13)7-8)6-4-10(14)15/h8H,3-7H2,1-2H3,(H,14,15). The number of carboxylic acid groups (broad SMARTS) is 1. The first-order valence-electron chi connectivity index (χ1n) is 5.65. The van der Waals surface area contributed by atoms with Gasteiger partial charge in [0.15, 0.2) is 0 Å². The molecule has 0 amide bonds. The lowest BCUT2D eigenvalue weighted by Gasteiger charge is -2.36. The van der Waals surface area contributed by atoms with Crippen LogP contribution < -0.4 is 0 Å². The van der Waals surface area contributed by atoms with Gasteiger partial charge in [-0.3, -0.25) is 9.59 Å². The van der Waals surface area contributed by atoms with Gasteiger partial charge in [-0.05, 0) is 30.6 Å². The summed E-state index contributed by atoms with van der Waals surface area (Å²) in [6.07, 6.45) is 3.33. The van der Waals surface area contributed by atoms with Crippen molar-refractivity contribution in [3.8, 4) is 0 Å². The van der Waals surface area contributed by atoms with E-state index >= 15 is 0 Å². The number of hydrogen-bond acceptors (Lipinski definition) is 2. The van der Waals surface area contributed by atoms with E-state index in [0.29, 0.717) is 24.5 Å². The maximum absolute atomic E-state index is 12.0. The van der Waals surface area contributed by atoms with Crippen LogP contribution in [-0.2, 0) is 9.59 Å². The number of rotatable bonds is 3. The Morgan fingerprint density at radius 1 is 1.53 bits per heavy atom. The zero-order valence-electron chi connectivity index (χ0n) is 9.38. The molecule has 2 atom stereocenters. The summed E-state index contributed by atoms with van der Waals surface area (Å²) < 4.78 is 0. The van der Waals surface area contributed by atoms with Crippen LogP contribution in [0.25, 0.3) is 0 Å². The summed E-state index contributed by atoms with van der Waals surface area (Å²) in [4.78, 5) is 22.6. The van der Waals surface area contributed by atoms with Crippen molar-refractivity contribution in [3.05, 3.63) is 0 Å². The second-order valence-electron chi connectivity index (χ2n) is 5.56. The largest absolute Gasteiger partial charge is 0.481 e. The molecule has 2 saturated carbocycles. The first-order valence-corrected chi connectivity index (χ1v) is 5.65. The molecule has 2 fully saturated rings. The Morgan fingerprint density at radius 3 is 2.60 bits per heavy atom. The summed E-state index contributed by atoms with van der Waals surface area (Å²) in [5.41, 5.74) is -0.310. The molecule has 3 heteroatoms. The Hall–Kier alpha value is -0.860. The SMILES string of the molecule is CC1(C)C2CCC1(CCC(=O)O)C(=O)C2. The van der Waals surface area contributed by atoms with Gasteiger partial charge in [0.25, 0.3) is 0 Å². The third-order valence-corrected chi connectivity index (χ3v) is 4.90. The van der Waals surface area contributed by atoms with E-state index in [-0.39, 0.29) is 17.3 Å².